The van der Waals surface area contributed by atoms with Gasteiger partial charge < -0.3 is 4.74 Å². The Bertz CT molecular complexity index is 925. The van der Waals surface area contributed by atoms with Gasteiger partial charge in [-0.2, -0.15) is 9.36 Å². The first-order valence-electron chi connectivity index (χ1n) is 7.36. The molecular weight excluding hydrogens is 326 g/mol. The van der Waals surface area contributed by atoms with E-state index in [1.54, 1.807) is 13.1 Å². The van der Waals surface area contributed by atoms with Crippen molar-refractivity contribution in [2.45, 2.75) is 20.0 Å². The molecule has 0 unspecified atom stereocenters. The quantitative estimate of drug-likeness (QED) is 0.640. The standard InChI is InChI=1S/C16H17N5O2S/c1-4-6-12-10-24-15(17-12)23-9-13-11(2)7-5-8-14(13)21-16(22)20(3)18-19-21/h4-5,7-8,10H,1,6,9H2,2-3H3. The van der Waals surface area contributed by atoms with E-state index in [2.05, 4.69) is 22.0 Å². The first-order chi connectivity index (χ1) is 11.6. The lowest BCUT2D eigenvalue weighted by Crippen LogP contribution is -2.23. The largest absolute Gasteiger partial charge is 0.465 e. The Kier molecular flexibility index (Phi) is 4.57. The molecule has 0 saturated heterocycles. The highest BCUT2D eigenvalue weighted by molar-refractivity contribution is 7.11. The van der Waals surface area contributed by atoms with Crippen LogP contribution in [0.5, 0.6) is 5.19 Å². The third kappa shape index (κ3) is 3.13. The first kappa shape index (κ1) is 16.1. The van der Waals surface area contributed by atoms with Gasteiger partial charge in [-0.05, 0) is 29.0 Å². The number of hydrogen-bond donors (Lipinski definition) is 0. The third-order valence-electron chi connectivity index (χ3n) is 3.56. The highest BCUT2D eigenvalue weighted by Gasteiger charge is 2.14. The van der Waals surface area contributed by atoms with Crippen LogP contribution in [0.15, 0.2) is 41.0 Å². The summed E-state index contributed by atoms with van der Waals surface area (Å²) >= 11 is 1.44. The highest BCUT2D eigenvalue weighted by atomic mass is 32.1. The second-order valence-electron chi connectivity index (χ2n) is 5.26. The zero-order valence-corrected chi connectivity index (χ0v) is 14.3. The van der Waals surface area contributed by atoms with Crippen molar-refractivity contribution in [3.05, 3.63) is 63.5 Å². The van der Waals surface area contributed by atoms with Crippen molar-refractivity contribution in [1.29, 1.82) is 0 Å². The number of aryl methyl sites for hydroxylation is 2. The average molecular weight is 343 g/mol. The van der Waals surface area contributed by atoms with Gasteiger partial charge in [-0.25, -0.2) is 9.78 Å². The van der Waals surface area contributed by atoms with Gasteiger partial charge in [-0.3, -0.25) is 0 Å². The molecule has 0 spiro atoms. The monoisotopic (exact) mass is 343 g/mol. The number of aromatic nitrogens is 5. The Morgan fingerprint density at radius 3 is 2.92 bits per heavy atom. The van der Waals surface area contributed by atoms with Crippen LogP contribution in [0, 0.1) is 6.92 Å². The van der Waals surface area contributed by atoms with Crippen LogP contribution in [-0.4, -0.2) is 24.8 Å². The SMILES string of the molecule is C=CCc1csc(OCc2c(C)cccc2-n2nnn(C)c2=O)n1. The third-order valence-corrected chi connectivity index (χ3v) is 4.36. The van der Waals surface area contributed by atoms with E-state index in [0.717, 1.165) is 16.8 Å². The lowest BCUT2D eigenvalue weighted by Gasteiger charge is -2.11. The average Bonchev–Trinajstić information content (AvgIpc) is 3.14. The fourth-order valence-electron chi connectivity index (χ4n) is 2.27. The summed E-state index contributed by atoms with van der Waals surface area (Å²) in [6.07, 6.45) is 2.52. The molecule has 124 valence electrons. The molecule has 7 nitrogen and oxygen atoms in total. The number of rotatable bonds is 6. The molecule has 3 aromatic rings. The van der Waals surface area contributed by atoms with Gasteiger partial charge in [0.2, 0.25) is 0 Å². The molecule has 0 bridgehead atoms. The minimum atomic E-state index is -0.302. The molecule has 0 aliphatic carbocycles. The summed E-state index contributed by atoms with van der Waals surface area (Å²) < 4.78 is 8.28. The summed E-state index contributed by atoms with van der Waals surface area (Å²) in [6, 6.07) is 5.67. The molecule has 1 aromatic carbocycles. The zero-order chi connectivity index (χ0) is 17.1. The van der Waals surface area contributed by atoms with Crippen molar-refractivity contribution in [2.75, 3.05) is 0 Å². The van der Waals surface area contributed by atoms with Gasteiger partial charge in [0.25, 0.3) is 5.19 Å². The van der Waals surface area contributed by atoms with Crippen LogP contribution in [0.2, 0.25) is 0 Å². The summed E-state index contributed by atoms with van der Waals surface area (Å²) in [6.45, 7) is 5.97. The van der Waals surface area contributed by atoms with Crippen LogP contribution in [-0.2, 0) is 20.1 Å². The lowest BCUT2D eigenvalue weighted by atomic mass is 10.1. The summed E-state index contributed by atoms with van der Waals surface area (Å²) in [5.41, 5.74) is 3.17. The summed E-state index contributed by atoms with van der Waals surface area (Å²) in [5.74, 6) is 0. The van der Waals surface area contributed by atoms with E-state index in [-0.39, 0.29) is 5.69 Å². The number of tetrazole rings is 1. The predicted molar refractivity (Wildman–Crippen MR) is 91.7 cm³/mol. The number of allylic oxidation sites excluding steroid dienone is 1. The van der Waals surface area contributed by atoms with Gasteiger partial charge >= 0.3 is 5.69 Å². The second kappa shape index (κ2) is 6.79. The Labute approximate surface area is 142 Å². The Balaban J connectivity index is 1.88. The molecule has 3 rings (SSSR count). The van der Waals surface area contributed by atoms with Crippen molar-refractivity contribution >= 4 is 11.3 Å². The van der Waals surface area contributed by atoms with Crippen LogP contribution in [0.25, 0.3) is 5.69 Å². The van der Waals surface area contributed by atoms with E-state index in [0.29, 0.717) is 23.9 Å². The van der Waals surface area contributed by atoms with Crippen molar-refractivity contribution in [2.24, 2.45) is 7.05 Å². The van der Waals surface area contributed by atoms with Crippen LogP contribution in [0.3, 0.4) is 0 Å². The van der Waals surface area contributed by atoms with E-state index in [4.69, 9.17) is 4.74 Å². The number of hydrogen-bond acceptors (Lipinski definition) is 6. The van der Waals surface area contributed by atoms with Gasteiger partial charge in [-0.1, -0.05) is 29.5 Å². The molecule has 2 heterocycles. The Morgan fingerprint density at radius 1 is 1.38 bits per heavy atom. The molecule has 0 atom stereocenters. The zero-order valence-electron chi connectivity index (χ0n) is 13.5. The minimum absolute atomic E-state index is 0.298. The van der Waals surface area contributed by atoms with Gasteiger partial charge in [0.1, 0.15) is 6.61 Å². The molecule has 0 aliphatic heterocycles. The number of ether oxygens (including phenoxy) is 1. The molecule has 8 heteroatoms. The Morgan fingerprint density at radius 2 is 2.21 bits per heavy atom. The molecule has 0 N–H and O–H groups in total. The highest BCUT2D eigenvalue weighted by Crippen LogP contribution is 2.23. The van der Waals surface area contributed by atoms with Gasteiger partial charge in [0.15, 0.2) is 0 Å². The van der Waals surface area contributed by atoms with E-state index < -0.39 is 0 Å². The van der Waals surface area contributed by atoms with Crippen molar-refractivity contribution in [1.82, 2.24) is 24.8 Å². The van der Waals surface area contributed by atoms with Crippen molar-refractivity contribution in [3.8, 4) is 10.9 Å². The maximum Gasteiger partial charge on any atom is 0.368 e. The normalized spacial score (nSPS) is 10.8. The second-order valence-corrected chi connectivity index (χ2v) is 6.08. The molecule has 0 saturated carbocycles. The number of nitrogens with zero attached hydrogens (tertiary/aromatic N) is 5. The van der Waals surface area contributed by atoms with Gasteiger partial charge in [0, 0.05) is 24.4 Å². The molecule has 0 radical (unpaired) electrons. The summed E-state index contributed by atoms with van der Waals surface area (Å²) in [7, 11) is 1.56. The maximum absolute atomic E-state index is 12.1. The van der Waals surface area contributed by atoms with Crippen molar-refractivity contribution < 1.29 is 4.74 Å². The van der Waals surface area contributed by atoms with E-state index in [1.165, 1.54) is 20.7 Å². The fourth-order valence-corrected chi connectivity index (χ4v) is 2.95. The first-order valence-corrected chi connectivity index (χ1v) is 8.24. The molecule has 0 fully saturated rings. The van der Waals surface area contributed by atoms with E-state index >= 15 is 0 Å². The maximum atomic E-state index is 12.1. The van der Waals surface area contributed by atoms with Gasteiger partial charge in [0.05, 0.1) is 11.4 Å². The fraction of sp³-hybridized carbons (Fsp3) is 0.250. The lowest BCUT2D eigenvalue weighted by molar-refractivity contribution is 0.302. The smallest absolute Gasteiger partial charge is 0.368 e. The topological polar surface area (TPSA) is 74.8 Å². The molecule has 2 aromatic heterocycles. The van der Waals surface area contributed by atoms with Crippen LogP contribution in [0.4, 0.5) is 0 Å². The van der Waals surface area contributed by atoms with Crippen LogP contribution < -0.4 is 10.4 Å². The molecular formula is C16H17N5O2S. The van der Waals surface area contributed by atoms with E-state index in [9.17, 15) is 4.79 Å². The molecule has 0 amide bonds. The van der Waals surface area contributed by atoms with Gasteiger partial charge in [-0.15, -0.1) is 6.58 Å². The molecule has 0 aliphatic rings. The van der Waals surface area contributed by atoms with Crippen LogP contribution >= 0.6 is 11.3 Å². The summed E-state index contributed by atoms with van der Waals surface area (Å²) in [4.78, 5) is 16.5. The number of thiazole rings is 1. The Hall–Kier alpha value is -2.74. The predicted octanol–water partition coefficient (Wildman–Crippen LogP) is 2.04. The van der Waals surface area contributed by atoms with Crippen LogP contribution in [0.1, 0.15) is 16.8 Å². The number of benzene rings is 1. The van der Waals surface area contributed by atoms with E-state index in [1.807, 2.05) is 30.5 Å². The minimum Gasteiger partial charge on any atom is -0.465 e. The summed E-state index contributed by atoms with van der Waals surface area (Å²) in [5, 5.41) is 10.2. The molecule has 24 heavy (non-hydrogen) atoms. The van der Waals surface area contributed by atoms with Crippen molar-refractivity contribution in [3.63, 3.8) is 0 Å².